The number of aliphatic imine (C=N–C) groups is 2. The number of phenols is 1. The first kappa shape index (κ1) is 24.0. The predicted molar refractivity (Wildman–Crippen MR) is 140 cm³/mol. The zero-order valence-electron chi connectivity index (χ0n) is 22.3. The number of hydrogen-bond acceptors (Lipinski definition) is 4. The fourth-order valence-electron chi connectivity index (χ4n) is 8.46. The Kier molecular flexibility index (Phi) is 5.41. The Morgan fingerprint density at radius 3 is 2.35 bits per heavy atom. The molecule has 34 heavy (non-hydrogen) atoms. The van der Waals surface area contributed by atoms with Gasteiger partial charge in [-0.15, -0.1) is 0 Å². The molecule has 0 spiro atoms. The molecule has 5 fully saturated rings. The van der Waals surface area contributed by atoms with Gasteiger partial charge in [-0.25, -0.2) is 0 Å². The maximum atomic E-state index is 11.2. The second-order valence-electron chi connectivity index (χ2n) is 13.5. The highest BCUT2D eigenvalue weighted by molar-refractivity contribution is 5.94. The molecule has 0 saturated heterocycles. The van der Waals surface area contributed by atoms with Gasteiger partial charge in [0.1, 0.15) is 11.4 Å². The normalized spacial score (nSPS) is 40.8. The zero-order chi connectivity index (χ0) is 24.7. The van der Waals surface area contributed by atoms with Gasteiger partial charge in [-0.1, -0.05) is 40.7 Å². The van der Waals surface area contributed by atoms with Crippen LogP contribution in [0.1, 0.15) is 96.3 Å². The number of benzene rings is 1. The zero-order valence-corrected chi connectivity index (χ0v) is 22.3. The number of aliphatic hydroxyl groups is 1. The summed E-state index contributed by atoms with van der Waals surface area (Å²) in [7, 11) is 0. The van der Waals surface area contributed by atoms with E-state index in [1.54, 1.807) is 0 Å². The average Bonchev–Trinajstić information content (AvgIpc) is 3.09. The van der Waals surface area contributed by atoms with Crippen molar-refractivity contribution in [3.63, 3.8) is 0 Å². The first-order valence-corrected chi connectivity index (χ1v) is 13.4. The molecule has 0 aliphatic heterocycles. The first-order valence-electron chi connectivity index (χ1n) is 13.4. The van der Waals surface area contributed by atoms with E-state index in [0.717, 1.165) is 35.6 Å². The molecule has 0 amide bonds. The van der Waals surface area contributed by atoms with Crippen molar-refractivity contribution < 1.29 is 10.2 Å². The second-order valence-corrected chi connectivity index (χ2v) is 13.5. The minimum absolute atomic E-state index is 0.214. The van der Waals surface area contributed by atoms with Crippen LogP contribution >= 0.6 is 0 Å². The van der Waals surface area contributed by atoms with Gasteiger partial charge >= 0.3 is 0 Å². The number of aromatic hydroxyl groups is 1. The van der Waals surface area contributed by atoms with Gasteiger partial charge in [0.2, 0.25) is 0 Å². The van der Waals surface area contributed by atoms with Gasteiger partial charge in [-0.05, 0) is 103 Å². The van der Waals surface area contributed by atoms with E-state index in [0.29, 0.717) is 42.0 Å². The van der Waals surface area contributed by atoms with Crippen LogP contribution in [-0.4, -0.2) is 40.8 Å². The second kappa shape index (κ2) is 7.66. The van der Waals surface area contributed by atoms with E-state index in [1.165, 1.54) is 24.8 Å². The van der Waals surface area contributed by atoms with E-state index in [1.807, 2.05) is 19.2 Å². The quantitative estimate of drug-likeness (QED) is 0.396. The molecule has 1 aromatic carbocycles. The fourth-order valence-corrected chi connectivity index (χ4v) is 8.46. The van der Waals surface area contributed by atoms with Crippen molar-refractivity contribution in [3.8, 4) is 5.75 Å². The van der Waals surface area contributed by atoms with Crippen LogP contribution in [0.5, 0.6) is 5.75 Å². The lowest BCUT2D eigenvalue weighted by atomic mass is 9.44. The van der Waals surface area contributed by atoms with Crippen LogP contribution in [-0.2, 0) is 0 Å². The van der Waals surface area contributed by atoms with Crippen molar-refractivity contribution in [1.29, 1.82) is 0 Å². The van der Waals surface area contributed by atoms with Gasteiger partial charge in [0.05, 0.1) is 13.1 Å². The smallest absolute Gasteiger partial charge is 0.127 e. The Morgan fingerprint density at radius 2 is 1.76 bits per heavy atom. The lowest BCUT2D eigenvalue weighted by Crippen LogP contribution is -2.64. The van der Waals surface area contributed by atoms with Gasteiger partial charge in [0.25, 0.3) is 0 Å². The Balaban J connectivity index is 1.29. The van der Waals surface area contributed by atoms with E-state index >= 15 is 0 Å². The van der Waals surface area contributed by atoms with Gasteiger partial charge in [-0.3, -0.25) is 9.98 Å². The summed E-state index contributed by atoms with van der Waals surface area (Å²) in [6.07, 6.45) is 7.58. The molecule has 0 unspecified atom stereocenters. The molecule has 0 aromatic heterocycles. The van der Waals surface area contributed by atoms with E-state index in [4.69, 9.17) is 4.99 Å². The van der Waals surface area contributed by atoms with Crippen LogP contribution in [0.4, 0.5) is 0 Å². The monoisotopic (exact) mass is 464 g/mol. The summed E-state index contributed by atoms with van der Waals surface area (Å²) >= 11 is 0. The largest absolute Gasteiger partial charge is 0.507 e. The number of fused-ring (bicyclic) bond motifs is 4. The molecule has 186 valence electrons. The Morgan fingerprint density at radius 1 is 1.03 bits per heavy atom. The van der Waals surface area contributed by atoms with E-state index in [-0.39, 0.29) is 10.8 Å². The van der Waals surface area contributed by atoms with Crippen LogP contribution in [0.3, 0.4) is 0 Å². The highest BCUT2D eigenvalue weighted by atomic mass is 16.3. The molecule has 5 aliphatic carbocycles. The average molecular weight is 465 g/mol. The molecule has 5 saturated carbocycles. The van der Waals surface area contributed by atoms with Crippen LogP contribution < -0.4 is 0 Å². The number of nitrogens with zero attached hydrogens (tertiary/aromatic N) is 2. The van der Waals surface area contributed by atoms with Gasteiger partial charge in [0.15, 0.2) is 0 Å². The summed E-state index contributed by atoms with van der Waals surface area (Å²) in [5, 5.41) is 22.4. The van der Waals surface area contributed by atoms with Crippen LogP contribution in [0.2, 0.25) is 0 Å². The lowest BCUT2D eigenvalue weighted by Gasteiger charge is -2.62. The molecule has 6 atom stereocenters. The van der Waals surface area contributed by atoms with Gasteiger partial charge in [-0.2, -0.15) is 0 Å². The van der Waals surface area contributed by atoms with Crippen molar-refractivity contribution in [3.05, 3.63) is 28.8 Å². The summed E-state index contributed by atoms with van der Waals surface area (Å²) in [6, 6.07) is 4.24. The molecule has 5 aliphatic rings. The standard InChI is InChI=1S/C30H44N2O2/c1-18-12-19(26(33)22(13-18)23-14-20-8-9-29(23,6)28(20,4)5)17-31-10-11-32-25-16-21-15-24(27(21,2)3)30(25,7)34/h12-13,17,20-21,23-24,33-34H,8-11,14-16H2,1-7H3/t20-,21+,23-,24+,29+,30+/m0/s1. The minimum atomic E-state index is -0.795. The van der Waals surface area contributed by atoms with Crippen molar-refractivity contribution >= 4 is 11.9 Å². The maximum Gasteiger partial charge on any atom is 0.127 e. The third-order valence-corrected chi connectivity index (χ3v) is 11.4. The molecule has 0 radical (unpaired) electrons. The molecular formula is C30H44N2O2. The van der Waals surface area contributed by atoms with E-state index in [2.05, 4.69) is 52.6 Å². The van der Waals surface area contributed by atoms with Crippen LogP contribution in [0, 0.1) is 40.9 Å². The molecule has 6 rings (SSSR count). The molecule has 4 nitrogen and oxygen atoms in total. The molecule has 0 heterocycles. The molecule has 1 aromatic rings. The number of phenolic OH excluding ortho intramolecular Hbond substituents is 1. The van der Waals surface area contributed by atoms with Gasteiger partial charge in [0, 0.05) is 17.5 Å². The third-order valence-electron chi connectivity index (χ3n) is 11.4. The topological polar surface area (TPSA) is 65.2 Å². The van der Waals surface area contributed by atoms with E-state index < -0.39 is 5.60 Å². The Labute approximate surface area is 206 Å². The highest BCUT2D eigenvalue weighted by Gasteiger charge is 2.62. The maximum absolute atomic E-state index is 11.2. The molecule has 2 N–H and O–H groups in total. The third kappa shape index (κ3) is 3.27. The minimum Gasteiger partial charge on any atom is -0.507 e. The van der Waals surface area contributed by atoms with Gasteiger partial charge < -0.3 is 10.2 Å². The SMILES string of the molecule is Cc1cc(C=NCCN=C2C[C@H]3C[C@H](C3(C)C)[C@@]2(C)O)c(O)c([C@@H]2C[C@@H]3CC[C@@]2(C)C3(C)C)c1. The number of rotatable bonds is 5. The first-order chi connectivity index (χ1) is 15.8. The molecule has 4 bridgehead atoms. The number of hydrogen-bond donors (Lipinski definition) is 2. The van der Waals surface area contributed by atoms with Crippen molar-refractivity contribution in [2.45, 2.75) is 92.1 Å². The summed E-state index contributed by atoms with van der Waals surface area (Å²) in [6.45, 7) is 17.1. The summed E-state index contributed by atoms with van der Waals surface area (Å²) in [5.41, 5.74) is 4.04. The van der Waals surface area contributed by atoms with E-state index in [9.17, 15) is 10.2 Å². The van der Waals surface area contributed by atoms with Crippen LogP contribution in [0.15, 0.2) is 22.1 Å². The van der Waals surface area contributed by atoms with Crippen molar-refractivity contribution in [1.82, 2.24) is 0 Å². The Hall–Kier alpha value is -1.68. The Bertz CT molecular complexity index is 1050. The van der Waals surface area contributed by atoms with Crippen LogP contribution in [0.25, 0.3) is 0 Å². The predicted octanol–water partition coefficient (Wildman–Crippen LogP) is 6.31. The lowest BCUT2D eigenvalue weighted by molar-refractivity contribution is -0.134. The highest BCUT2D eigenvalue weighted by Crippen LogP contribution is 2.71. The fraction of sp³-hybridized carbons (Fsp3) is 0.733. The molecular weight excluding hydrogens is 420 g/mol. The number of aryl methyl sites for hydroxylation is 1. The van der Waals surface area contributed by atoms with Crippen molar-refractivity contribution in [2.24, 2.45) is 44.0 Å². The summed E-state index contributed by atoms with van der Waals surface area (Å²) in [4.78, 5) is 9.40. The summed E-state index contributed by atoms with van der Waals surface area (Å²) in [5.74, 6) is 2.51. The summed E-state index contributed by atoms with van der Waals surface area (Å²) < 4.78 is 0. The van der Waals surface area contributed by atoms with Crippen molar-refractivity contribution in [2.75, 3.05) is 13.1 Å². The molecule has 4 heteroatoms.